The van der Waals surface area contributed by atoms with Crippen LogP contribution in [0.15, 0.2) is 30.5 Å². The van der Waals surface area contributed by atoms with Crippen molar-refractivity contribution < 1.29 is 9.66 Å². The minimum Gasteiger partial charge on any atom is -0.491 e. The zero-order chi connectivity index (χ0) is 13.9. The number of hydrogen-bond donors (Lipinski definition) is 1. The van der Waals surface area contributed by atoms with Crippen molar-refractivity contribution in [3.8, 4) is 5.75 Å². The van der Waals surface area contributed by atoms with E-state index in [0.29, 0.717) is 29.3 Å². The number of non-ortho nitro benzene ring substituents is 1. The van der Waals surface area contributed by atoms with Crippen molar-refractivity contribution in [1.29, 1.82) is 0 Å². The molecular weight excluding hydrogens is 258 g/mol. The second kappa shape index (κ2) is 5.42. The van der Waals surface area contributed by atoms with Gasteiger partial charge in [-0.2, -0.15) is 0 Å². The lowest BCUT2D eigenvalue weighted by molar-refractivity contribution is -0.383. The summed E-state index contributed by atoms with van der Waals surface area (Å²) in [4.78, 5) is 14.7. The van der Waals surface area contributed by atoms with Crippen LogP contribution in [0, 0.1) is 10.1 Å². The molecule has 2 aromatic rings. The standard InChI is InChI=1S/C14H15N3O3/c18-17(19)12-5-6-13(11-4-2-8-16-14(11)12)20-9-10-3-1-7-15-10/h2,4-6,8,10,15H,1,3,7,9H2/t10-/m0/s1. The fraction of sp³-hybridized carbons (Fsp3) is 0.357. The predicted octanol–water partition coefficient (Wildman–Crippen LogP) is 2.27. The van der Waals surface area contributed by atoms with Crippen molar-refractivity contribution in [2.24, 2.45) is 0 Å². The molecule has 0 radical (unpaired) electrons. The van der Waals surface area contributed by atoms with E-state index in [4.69, 9.17) is 4.74 Å². The number of fused-ring (bicyclic) bond motifs is 1. The minimum atomic E-state index is -0.419. The molecule has 0 aliphatic carbocycles. The van der Waals surface area contributed by atoms with E-state index in [2.05, 4.69) is 10.3 Å². The molecule has 1 saturated heterocycles. The van der Waals surface area contributed by atoms with Gasteiger partial charge in [-0.25, -0.2) is 4.98 Å². The molecule has 104 valence electrons. The molecule has 20 heavy (non-hydrogen) atoms. The van der Waals surface area contributed by atoms with Crippen LogP contribution in [0.2, 0.25) is 0 Å². The van der Waals surface area contributed by atoms with Gasteiger partial charge in [-0.3, -0.25) is 10.1 Å². The topological polar surface area (TPSA) is 77.3 Å². The molecular formula is C14H15N3O3. The number of nitro groups is 1. The fourth-order valence-corrected chi connectivity index (χ4v) is 2.49. The number of nitrogens with one attached hydrogen (secondary N) is 1. The average molecular weight is 273 g/mol. The van der Waals surface area contributed by atoms with E-state index in [9.17, 15) is 10.1 Å². The van der Waals surface area contributed by atoms with Gasteiger partial charge < -0.3 is 10.1 Å². The number of aromatic nitrogens is 1. The van der Waals surface area contributed by atoms with Gasteiger partial charge in [-0.05, 0) is 37.6 Å². The summed E-state index contributed by atoms with van der Waals surface area (Å²) < 4.78 is 5.81. The van der Waals surface area contributed by atoms with Gasteiger partial charge >= 0.3 is 0 Å². The molecule has 1 aromatic heterocycles. The first-order valence-corrected chi connectivity index (χ1v) is 6.64. The molecule has 0 unspecified atom stereocenters. The van der Waals surface area contributed by atoms with Crippen molar-refractivity contribution in [2.45, 2.75) is 18.9 Å². The second-order valence-electron chi connectivity index (χ2n) is 4.84. The number of pyridine rings is 1. The highest BCUT2D eigenvalue weighted by Gasteiger charge is 2.18. The maximum absolute atomic E-state index is 11.0. The third-order valence-electron chi connectivity index (χ3n) is 3.51. The molecule has 6 nitrogen and oxygen atoms in total. The quantitative estimate of drug-likeness (QED) is 0.683. The summed E-state index contributed by atoms with van der Waals surface area (Å²) in [5.74, 6) is 0.646. The Labute approximate surface area is 115 Å². The van der Waals surface area contributed by atoms with Crippen LogP contribution < -0.4 is 10.1 Å². The van der Waals surface area contributed by atoms with E-state index < -0.39 is 4.92 Å². The summed E-state index contributed by atoms with van der Waals surface area (Å²) in [7, 11) is 0. The van der Waals surface area contributed by atoms with Crippen LogP contribution >= 0.6 is 0 Å². The van der Waals surface area contributed by atoms with Crippen LogP contribution in [-0.4, -0.2) is 29.1 Å². The lowest BCUT2D eigenvalue weighted by Crippen LogP contribution is -2.28. The summed E-state index contributed by atoms with van der Waals surface area (Å²) in [5, 5.41) is 15.0. The minimum absolute atomic E-state index is 0.00643. The van der Waals surface area contributed by atoms with E-state index in [1.165, 1.54) is 6.07 Å². The molecule has 1 atom stereocenters. The highest BCUT2D eigenvalue weighted by molar-refractivity contribution is 5.91. The normalized spacial score (nSPS) is 18.3. The first-order chi connectivity index (χ1) is 9.75. The van der Waals surface area contributed by atoms with E-state index in [1.807, 2.05) is 0 Å². The zero-order valence-electron chi connectivity index (χ0n) is 10.9. The van der Waals surface area contributed by atoms with Crippen LogP contribution in [-0.2, 0) is 0 Å². The first kappa shape index (κ1) is 12.8. The predicted molar refractivity (Wildman–Crippen MR) is 74.9 cm³/mol. The van der Waals surface area contributed by atoms with Crippen LogP contribution in [0.3, 0.4) is 0 Å². The second-order valence-corrected chi connectivity index (χ2v) is 4.84. The van der Waals surface area contributed by atoms with Gasteiger partial charge in [-0.15, -0.1) is 0 Å². The Hall–Kier alpha value is -2.21. The van der Waals surface area contributed by atoms with E-state index in [-0.39, 0.29) is 5.69 Å². The Morgan fingerprint density at radius 1 is 1.45 bits per heavy atom. The van der Waals surface area contributed by atoms with Crippen molar-refractivity contribution in [3.63, 3.8) is 0 Å². The Kier molecular flexibility index (Phi) is 3.47. The lowest BCUT2D eigenvalue weighted by Gasteiger charge is -2.13. The number of hydrogen-bond acceptors (Lipinski definition) is 5. The summed E-state index contributed by atoms with van der Waals surface area (Å²) >= 11 is 0. The largest absolute Gasteiger partial charge is 0.491 e. The Morgan fingerprint density at radius 2 is 2.35 bits per heavy atom. The van der Waals surface area contributed by atoms with E-state index in [1.54, 1.807) is 24.4 Å². The number of benzene rings is 1. The SMILES string of the molecule is O=[N+]([O-])c1ccc(OC[C@@H]2CCCN2)c2cccnc12. The van der Waals surface area contributed by atoms with Gasteiger partial charge in [0.15, 0.2) is 5.52 Å². The molecule has 3 rings (SSSR count). The lowest BCUT2D eigenvalue weighted by atomic mass is 10.1. The van der Waals surface area contributed by atoms with Gasteiger partial charge in [0.25, 0.3) is 5.69 Å². The summed E-state index contributed by atoms with van der Waals surface area (Å²) in [6, 6.07) is 7.01. The van der Waals surface area contributed by atoms with Crippen LogP contribution in [0.25, 0.3) is 10.9 Å². The number of nitrogens with zero attached hydrogens (tertiary/aromatic N) is 2. The van der Waals surface area contributed by atoms with Gasteiger partial charge in [0.2, 0.25) is 0 Å². The summed E-state index contributed by atoms with van der Waals surface area (Å²) in [5.41, 5.74) is 0.376. The molecule has 0 saturated carbocycles. The maximum Gasteiger partial charge on any atom is 0.295 e. The van der Waals surface area contributed by atoms with Crippen LogP contribution in [0.1, 0.15) is 12.8 Å². The first-order valence-electron chi connectivity index (χ1n) is 6.64. The molecule has 0 bridgehead atoms. The molecule has 0 amide bonds. The van der Waals surface area contributed by atoms with E-state index >= 15 is 0 Å². The maximum atomic E-state index is 11.0. The number of ether oxygens (including phenoxy) is 1. The van der Waals surface area contributed by atoms with Gasteiger partial charge in [-0.1, -0.05) is 0 Å². The molecule has 1 fully saturated rings. The molecule has 1 aromatic carbocycles. The molecule has 1 aliphatic rings. The Balaban J connectivity index is 1.91. The van der Waals surface area contributed by atoms with Gasteiger partial charge in [0.1, 0.15) is 12.4 Å². The van der Waals surface area contributed by atoms with Gasteiger partial charge in [0.05, 0.1) is 4.92 Å². The van der Waals surface area contributed by atoms with Crippen LogP contribution in [0.5, 0.6) is 5.75 Å². The van der Waals surface area contributed by atoms with Gasteiger partial charge in [0, 0.05) is 23.7 Å². The monoisotopic (exact) mass is 273 g/mol. The van der Waals surface area contributed by atoms with Crippen molar-refractivity contribution in [1.82, 2.24) is 10.3 Å². The fourth-order valence-electron chi connectivity index (χ4n) is 2.49. The third kappa shape index (κ3) is 2.42. The highest BCUT2D eigenvalue weighted by Crippen LogP contribution is 2.31. The summed E-state index contributed by atoms with van der Waals surface area (Å²) in [6.07, 6.45) is 3.82. The van der Waals surface area contributed by atoms with Crippen molar-refractivity contribution in [2.75, 3.05) is 13.2 Å². The number of nitro benzene ring substituents is 1. The molecule has 2 heterocycles. The third-order valence-corrected chi connectivity index (χ3v) is 3.51. The highest BCUT2D eigenvalue weighted by atomic mass is 16.6. The van der Waals surface area contributed by atoms with Crippen LogP contribution in [0.4, 0.5) is 5.69 Å². The molecule has 0 spiro atoms. The van der Waals surface area contributed by atoms with Crippen molar-refractivity contribution >= 4 is 16.6 Å². The summed E-state index contributed by atoms with van der Waals surface area (Å²) in [6.45, 7) is 1.60. The Morgan fingerprint density at radius 3 is 3.10 bits per heavy atom. The smallest absolute Gasteiger partial charge is 0.295 e. The van der Waals surface area contributed by atoms with Crippen molar-refractivity contribution in [3.05, 3.63) is 40.6 Å². The molecule has 6 heteroatoms. The number of rotatable bonds is 4. The Bertz CT molecular complexity index is 639. The molecule has 1 aliphatic heterocycles. The average Bonchev–Trinajstić information content (AvgIpc) is 2.97. The zero-order valence-corrected chi connectivity index (χ0v) is 10.9. The molecule has 1 N–H and O–H groups in total. The van der Waals surface area contributed by atoms with E-state index in [0.717, 1.165) is 19.4 Å².